The average Bonchev–Trinajstić information content (AvgIpc) is 2.69. The number of carbonyl (C=O) groups excluding carboxylic acids is 4. The van der Waals surface area contributed by atoms with E-state index in [9.17, 15) is 19.2 Å². The minimum Gasteiger partial charge on any atom is -0.482 e. The number of hydrogen-bond acceptors (Lipinski definition) is 6. The normalized spacial score (nSPS) is 9.93. The van der Waals surface area contributed by atoms with Crippen molar-refractivity contribution in [2.24, 2.45) is 0 Å². The molecule has 28 heavy (non-hydrogen) atoms. The Morgan fingerprint density at radius 1 is 0.929 bits per heavy atom. The summed E-state index contributed by atoms with van der Waals surface area (Å²) in [4.78, 5) is 46.3. The summed E-state index contributed by atoms with van der Waals surface area (Å²) in [6, 6.07) is 12.5. The van der Waals surface area contributed by atoms with E-state index < -0.39 is 31.0 Å². The molecule has 0 saturated carbocycles. The Morgan fingerprint density at radius 3 is 2.25 bits per heavy atom. The van der Waals surface area contributed by atoms with Gasteiger partial charge in [0.1, 0.15) is 5.75 Å². The maximum Gasteiger partial charge on any atom is 0.344 e. The molecular weight excluding hydrogens is 388 g/mol. The third kappa shape index (κ3) is 6.40. The molecule has 0 fully saturated rings. The number of esters is 1. The van der Waals surface area contributed by atoms with Crippen LogP contribution in [0.5, 0.6) is 5.75 Å². The molecule has 0 spiro atoms. The van der Waals surface area contributed by atoms with Gasteiger partial charge in [-0.1, -0.05) is 23.7 Å². The van der Waals surface area contributed by atoms with Crippen molar-refractivity contribution >= 4 is 35.2 Å². The fraction of sp³-hybridized carbons (Fsp3) is 0.158. The van der Waals surface area contributed by atoms with Crippen LogP contribution >= 0.6 is 11.6 Å². The summed E-state index contributed by atoms with van der Waals surface area (Å²) in [7, 11) is 0. The SMILES string of the molecule is CC(=O)c1ccc(OCC(=O)OCC(=O)NNC(=O)c2ccccc2Cl)cc1. The highest BCUT2D eigenvalue weighted by Gasteiger charge is 2.12. The van der Waals surface area contributed by atoms with Crippen molar-refractivity contribution in [2.75, 3.05) is 13.2 Å². The van der Waals surface area contributed by atoms with Crippen LogP contribution in [-0.4, -0.2) is 36.8 Å². The second-order valence-corrected chi connectivity index (χ2v) is 5.92. The van der Waals surface area contributed by atoms with Crippen LogP contribution in [0, 0.1) is 0 Å². The first kappa shape index (κ1) is 20.9. The number of benzene rings is 2. The third-order valence-electron chi connectivity index (χ3n) is 3.42. The van der Waals surface area contributed by atoms with Gasteiger partial charge >= 0.3 is 5.97 Å². The van der Waals surface area contributed by atoms with Crippen LogP contribution < -0.4 is 15.6 Å². The molecule has 0 aromatic heterocycles. The van der Waals surface area contributed by atoms with Crippen LogP contribution in [-0.2, 0) is 14.3 Å². The van der Waals surface area contributed by atoms with E-state index in [1.807, 2.05) is 0 Å². The molecule has 2 aromatic carbocycles. The second kappa shape index (κ2) is 10.1. The van der Waals surface area contributed by atoms with Gasteiger partial charge in [0.25, 0.3) is 11.8 Å². The number of nitrogens with one attached hydrogen (secondary N) is 2. The lowest BCUT2D eigenvalue weighted by atomic mass is 10.1. The van der Waals surface area contributed by atoms with Crippen LogP contribution in [0.25, 0.3) is 0 Å². The van der Waals surface area contributed by atoms with Gasteiger partial charge in [0.2, 0.25) is 0 Å². The Kier molecular flexibility index (Phi) is 7.53. The molecule has 0 saturated heterocycles. The van der Waals surface area contributed by atoms with Crippen LogP contribution in [0.3, 0.4) is 0 Å². The summed E-state index contributed by atoms with van der Waals surface area (Å²) in [5.74, 6) is -1.83. The Balaban J connectivity index is 1.69. The molecule has 0 bridgehead atoms. The fourth-order valence-electron chi connectivity index (χ4n) is 1.99. The van der Waals surface area contributed by atoms with E-state index in [0.717, 1.165) is 0 Å². The zero-order valence-corrected chi connectivity index (χ0v) is 15.6. The Bertz CT molecular complexity index is 882. The Hall–Kier alpha value is -3.39. The average molecular weight is 405 g/mol. The van der Waals surface area contributed by atoms with Gasteiger partial charge in [0, 0.05) is 5.56 Å². The highest BCUT2D eigenvalue weighted by molar-refractivity contribution is 6.33. The number of hydrogen-bond donors (Lipinski definition) is 2. The summed E-state index contributed by atoms with van der Waals surface area (Å²) in [5.41, 5.74) is 4.97. The van der Waals surface area contributed by atoms with Crippen LogP contribution in [0.2, 0.25) is 5.02 Å². The molecule has 0 aliphatic carbocycles. The van der Waals surface area contributed by atoms with E-state index in [4.69, 9.17) is 21.1 Å². The second-order valence-electron chi connectivity index (χ2n) is 5.51. The predicted molar refractivity (Wildman–Crippen MR) is 100.0 cm³/mol. The van der Waals surface area contributed by atoms with Gasteiger partial charge in [-0.15, -0.1) is 0 Å². The first-order valence-corrected chi connectivity index (χ1v) is 8.47. The quantitative estimate of drug-likeness (QED) is 0.414. The van der Waals surface area contributed by atoms with Crippen molar-refractivity contribution in [2.45, 2.75) is 6.92 Å². The van der Waals surface area contributed by atoms with Gasteiger partial charge in [-0.25, -0.2) is 4.79 Å². The molecule has 0 aliphatic heterocycles. The van der Waals surface area contributed by atoms with Crippen LogP contribution in [0.15, 0.2) is 48.5 Å². The molecule has 0 unspecified atom stereocenters. The van der Waals surface area contributed by atoms with Crippen molar-refractivity contribution in [1.29, 1.82) is 0 Å². The monoisotopic (exact) mass is 404 g/mol. The Labute approximate surface area is 165 Å². The number of hydrazine groups is 1. The van der Waals surface area contributed by atoms with Crippen molar-refractivity contribution in [1.82, 2.24) is 10.9 Å². The van der Waals surface area contributed by atoms with Crippen LogP contribution in [0.4, 0.5) is 0 Å². The molecule has 2 amide bonds. The number of Topliss-reactive ketones (excluding diaryl/α,β-unsaturated/α-hetero) is 1. The van der Waals surface area contributed by atoms with Gasteiger partial charge < -0.3 is 9.47 Å². The van der Waals surface area contributed by atoms with Gasteiger partial charge in [-0.3, -0.25) is 25.2 Å². The topological polar surface area (TPSA) is 111 Å². The number of ketones is 1. The Morgan fingerprint density at radius 2 is 1.61 bits per heavy atom. The molecule has 0 atom stereocenters. The van der Waals surface area contributed by atoms with Crippen molar-refractivity contribution in [3.05, 3.63) is 64.7 Å². The largest absolute Gasteiger partial charge is 0.482 e. The van der Waals surface area contributed by atoms with E-state index in [2.05, 4.69) is 10.9 Å². The lowest BCUT2D eigenvalue weighted by molar-refractivity contribution is -0.150. The van der Waals surface area contributed by atoms with E-state index in [1.54, 1.807) is 36.4 Å². The minimum atomic E-state index is -0.775. The van der Waals surface area contributed by atoms with E-state index in [0.29, 0.717) is 11.3 Å². The van der Waals surface area contributed by atoms with Gasteiger partial charge in [0.05, 0.1) is 10.6 Å². The maximum atomic E-state index is 11.9. The summed E-state index contributed by atoms with van der Waals surface area (Å²) in [6.07, 6.45) is 0. The predicted octanol–water partition coefficient (Wildman–Crippen LogP) is 1.93. The standard InChI is InChI=1S/C19H17ClN2O6/c1-12(23)13-6-8-14(9-7-13)27-11-18(25)28-10-17(24)21-22-19(26)15-4-2-3-5-16(15)20/h2-9H,10-11H2,1H3,(H,21,24)(H,22,26). The molecule has 0 heterocycles. The third-order valence-corrected chi connectivity index (χ3v) is 3.75. The molecule has 8 nitrogen and oxygen atoms in total. The maximum absolute atomic E-state index is 11.9. The number of carbonyl (C=O) groups is 4. The summed E-state index contributed by atoms with van der Waals surface area (Å²) in [6.45, 7) is 0.419. The lowest BCUT2D eigenvalue weighted by Crippen LogP contribution is -2.43. The molecule has 0 radical (unpaired) electrons. The van der Waals surface area contributed by atoms with Crippen molar-refractivity contribution in [3.8, 4) is 5.75 Å². The highest BCUT2D eigenvalue weighted by Crippen LogP contribution is 2.14. The smallest absolute Gasteiger partial charge is 0.344 e. The molecule has 0 aliphatic rings. The first-order valence-electron chi connectivity index (χ1n) is 8.10. The molecule has 2 rings (SSSR count). The van der Waals surface area contributed by atoms with Gasteiger partial charge in [0.15, 0.2) is 19.0 Å². The molecule has 2 N–H and O–H groups in total. The fourth-order valence-corrected chi connectivity index (χ4v) is 2.21. The lowest BCUT2D eigenvalue weighted by Gasteiger charge is -2.09. The number of ether oxygens (including phenoxy) is 2. The van der Waals surface area contributed by atoms with Crippen molar-refractivity contribution < 1.29 is 28.7 Å². The summed E-state index contributed by atoms with van der Waals surface area (Å²) >= 11 is 5.87. The van der Waals surface area contributed by atoms with Crippen LogP contribution in [0.1, 0.15) is 27.6 Å². The summed E-state index contributed by atoms with van der Waals surface area (Å²) < 4.78 is 9.94. The van der Waals surface area contributed by atoms with E-state index >= 15 is 0 Å². The molecule has 9 heteroatoms. The molecule has 2 aromatic rings. The zero-order chi connectivity index (χ0) is 20.5. The van der Waals surface area contributed by atoms with Gasteiger partial charge in [-0.2, -0.15) is 0 Å². The number of amides is 2. The van der Waals surface area contributed by atoms with Gasteiger partial charge in [-0.05, 0) is 43.3 Å². The first-order chi connectivity index (χ1) is 13.4. The summed E-state index contributed by atoms with van der Waals surface area (Å²) in [5, 5.41) is 0.231. The van der Waals surface area contributed by atoms with Crippen molar-refractivity contribution in [3.63, 3.8) is 0 Å². The zero-order valence-electron chi connectivity index (χ0n) is 14.9. The minimum absolute atomic E-state index is 0.0846. The number of halogens is 1. The molecule has 146 valence electrons. The molecular formula is C19H17ClN2O6. The van der Waals surface area contributed by atoms with E-state index in [1.165, 1.54) is 19.1 Å². The highest BCUT2D eigenvalue weighted by atomic mass is 35.5. The number of rotatable bonds is 7. The van der Waals surface area contributed by atoms with E-state index in [-0.39, 0.29) is 16.4 Å².